The lowest BCUT2D eigenvalue weighted by Crippen LogP contribution is -2.38. The van der Waals surface area contributed by atoms with Gasteiger partial charge in [0.25, 0.3) is 11.6 Å². The number of rotatable bonds is 5. The van der Waals surface area contributed by atoms with E-state index >= 15 is 0 Å². The van der Waals surface area contributed by atoms with Gasteiger partial charge in [-0.3, -0.25) is 14.9 Å². The van der Waals surface area contributed by atoms with Crippen LogP contribution in [0.4, 0.5) is 5.69 Å². The van der Waals surface area contributed by atoms with Gasteiger partial charge in [-0.1, -0.05) is 36.4 Å². The number of carbonyl (C=O) groups excluding carboxylic acids is 1. The Labute approximate surface area is 127 Å². The number of nitrogens with one attached hydrogen (secondary N) is 1. The third-order valence-corrected chi connectivity index (χ3v) is 3.31. The van der Waals surface area contributed by atoms with Crippen molar-refractivity contribution in [3.05, 3.63) is 75.8 Å². The highest BCUT2D eigenvalue weighted by molar-refractivity contribution is 5.94. The van der Waals surface area contributed by atoms with Crippen LogP contribution in [0, 0.1) is 10.1 Å². The van der Waals surface area contributed by atoms with Gasteiger partial charge in [-0.2, -0.15) is 0 Å². The molecule has 2 aromatic carbocycles. The van der Waals surface area contributed by atoms with Crippen molar-refractivity contribution in [3.63, 3.8) is 0 Å². The Bertz CT molecular complexity index is 684. The van der Waals surface area contributed by atoms with Gasteiger partial charge < -0.3 is 10.4 Å². The average Bonchev–Trinajstić information content (AvgIpc) is 2.53. The fourth-order valence-electron chi connectivity index (χ4n) is 2.01. The Morgan fingerprint density at radius 2 is 1.91 bits per heavy atom. The first kappa shape index (κ1) is 15.7. The van der Waals surface area contributed by atoms with Gasteiger partial charge >= 0.3 is 0 Å². The molecule has 0 aliphatic heterocycles. The topological polar surface area (TPSA) is 92.5 Å². The molecule has 1 unspecified atom stereocenters. The summed E-state index contributed by atoms with van der Waals surface area (Å²) in [5.41, 5.74) is -0.521. The number of nitrogens with zero attached hydrogens (tertiary/aromatic N) is 1. The Morgan fingerprint density at radius 3 is 2.55 bits per heavy atom. The van der Waals surface area contributed by atoms with E-state index in [2.05, 4.69) is 5.32 Å². The zero-order chi connectivity index (χ0) is 16.2. The van der Waals surface area contributed by atoms with Gasteiger partial charge in [0.05, 0.1) is 11.5 Å². The number of nitro groups is 1. The van der Waals surface area contributed by atoms with Gasteiger partial charge in [0.15, 0.2) is 0 Å². The van der Waals surface area contributed by atoms with Gasteiger partial charge in [0, 0.05) is 17.7 Å². The van der Waals surface area contributed by atoms with E-state index < -0.39 is 16.4 Å². The minimum absolute atomic E-state index is 0.00145. The molecule has 6 nitrogen and oxygen atoms in total. The highest BCUT2D eigenvalue weighted by Gasteiger charge is 2.24. The second-order valence-corrected chi connectivity index (χ2v) is 5.13. The number of benzene rings is 2. The number of hydrogen-bond acceptors (Lipinski definition) is 4. The molecule has 6 heteroatoms. The lowest BCUT2D eigenvalue weighted by Gasteiger charge is -2.24. The molecule has 0 saturated heterocycles. The summed E-state index contributed by atoms with van der Waals surface area (Å²) < 4.78 is 0. The molecule has 0 heterocycles. The number of non-ortho nitro benzene ring substituents is 1. The molecular weight excluding hydrogens is 284 g/mol. The molecule has 0 aliphatic carbocycles. The molecule has 1 atom stereocenters. The summed E-state index contributed by atoms with van der Waals surface area (Å²) in [7, 11) is 0. The lowest BCUT2D eigenvalue weighted by atomic mass is 9.96. The zero-order valence-electron chi connectivity index (χ0n) is 12.0. The minimum Gasteiger partial charge on any atom is -0.384 e. The van der Waals surface area contributed by atoms with Crippen molar-refractivity contribution in [2.45, 2.75) is 12.5 Å². The predicted molar refractivity (Wildman–Crippen MR) is 81.4 cm³/mol. The largest absolute Gasteiger partial charge is 0.384 e. The minimum atomic E-state index is -1.22. The smallest absolute Gasteiger partial charge is 0.270 e. The molecule has 0 saturated carbocycles. The van der Waals surface area contributed by atoms with Crippen LogP contribution in [0.5, 0.6) is 0 Å². The first-order chi connectivity index (χ1) is 10.4. The van der Waals surface area contributed by atoms with Crippen LogP contribution >= 0.6 is 0 Å². The van der Waals surface area contributed by atoms with Crippen molar-refractivity contribution >= 4 is 11.6 Å². The highest BCUT2D eigenvalue weighted by Crippen LogP contribution is 2.19. The van der Waals surface area contributed by atoms with Gasteiger partial charge in [0.2, 0.25) is 0 Å². The number of aliphatic hydroxyl groups is 1. The molecule has 22 heavy (non-hydrogen) atoms. The van der Waals surface area contributed by atoms with E-state index in [1.54, 1.807) is 31.2 Å². The summed E-state index contributed by atoms with van der Waals surface area (Å²) in [6, 6.07) is 14.4. The van der Waals surface area contributed by atoms with Crippen molar-refractivity contribution in [2.75, 3.05) is 6.54 Å². The van der Waals surface area contributed by atoms with Crippen LogP contribution in [0.2, 0.25) is 0 Å². The van der Waals surface area contributed by atoms with Crippen LogP contribution in [-0.2, 0) is 5.60 Å². The second kappa shape index (κ2) is 6.36. The quantitative estimate of drug-likeness (QED) is 0.654. The van der Waals surface area contributed by atoms with Crippen LogP contribution in [0.1, 0.15) is 22.8 Å². The average molecular weight is 300 g/mol. The van der Waals surface area contributed by atoms with Crippen LogP contribution in [0.3, 0.4) is 0 Å². The van der Waals surface area contributed by atoms with Crippen LogP contribution in [-0.4, -0.2) is 22.5 Å². The molecule has 1 amide bonds. The summed E-state index contributed by atoms with van der Waals surface area (Å²) >= 11 is 0. The van der Waals surface area contributed by atoms with Crippen LogP contribution in [0.15, 0.2) is 54.6 Å². The molecule has 0 bridgehead atoms. The molecule has 0 aliphatic rings. The van der Waals surface area contributed by atoms with Gasteiger partial charge in [-0.15, -0.1) is 0 Å². The first-order valence-corrected chi connectivity index (χ1v) is 6.71. The van der Waals surface area contributed by atoms with E-state index in [1.165, 1.54) is 24.3 Å². The fraction of sp³-hybridized carbons (Fsp3) is 0.188. The highest BCUT2D eigenvalue weighted by atomic mass is 16.6. The van der Waals surface area contributed by atoms with E-state index in [9.17, 15) is 20.0 Å². The third kappa shape index (κ3) is 3.67. The number of amides is 1. The third-order valence-electron chi connectivity index (χ3n) is 3.31. The molecule has 0 spiro atoms. The molecule has 2 N–H and O–H groups in total. The number of hydrogen-bond donors (Lipinski definition) is 2. The SMILES string of the molecule is CC(O)(CNC(=O)c1cccc([N+](=O)[O-])c1)c1ccccc1. The Morgan fingerprint density at radius 1 is 1.23 bits per heavy atom. The van der Waals surface area contributed by atoms with Gasteiger partial charge in [-0.25, -0.2) is 0 Å². The van der Waals surface area contributed by atoms with Crippen molar-refractivity contribution < 1.29 is 14.8 Å². The molecular formula is C16H16N2O4. The lowest BCUT2D eigenvalue weighted by molar-refractivity contribution is -0.384. The fourth-order valence-corrected chi connectivity index (χ4v) is 2.01. The normalized spacial score (nSPS) is 13.2. The molecule has 0 aromatic heterocycles. The van der Waals surface area contributed by atoms with Crippen LogP contribution < -0.4 is 5.32 Å². The summed E-state index contributed by atoms with van der Waals surface area (Å²) in [6.07, 6.45) is 0. The zero-order valence-corrected chi connectivity index (χ0v) is 12.0. The Kier molecular flexibility index (Phi) is 4.53. The molecule has 0 radical (unpaired) electrons. The summed E-state index contributed by atoms with van der Waals surface area (Å²) in [5.74, 6) is -0.472. The van der Waals surface area contributed by atoms with E-state index in [-0.39, 0.29) is 17.8 Å². The van der Waals surface area contributed by atoms with Crippen molar-refractivity contribution in [1.29, 1.82) is 0 Å². The van der Waals surface area contributed by atoms with E-state index in [0.717, 1.165) is 0 Å². The predicted octanol–water partition coefficient (Wildman–Crippen LogP) is 2.23. The van der Waals surface area contributed by atoms with E-state index in [1.807, 2.05) is 6.07 Å². The van der Waals surface area contributed by atoms with Crippen molar-refractivity contribution in [2.24, 2.45) is 0 Å². The molecule has 2 aromatic rings. The van der Waals surface area contributed by atoms with Crippen molar-refractivity contribution in [3.8, 4) is 0 Å². The summed E-state index contributed by atoms with van der Waals surface area (Å²) in [6.45, 7) is 1.59. The maximum atomic E-state index is 12.1. The van der Waals surface area contributed by atoms with E-state index in [4.69, 9.17) is 0 Å². The summed E-state index contributed by atoms with van der Waals surface area (Å²) in [4.78, 5) is 22.2. The molecule has 0 fully saturated rings. The Hall–Kier alpha value is -2.73. The second-order valence-electron chi connectivity index (χ2n) is 5.13. The molecule has 2 rings (SSSR count). The van der Waals surface area contributed by atoms with Gasteiger partial charge in [0.1, 0.15) is 5.60 Å². The summed E-state index contributed by atoms with van der Waals surface area (Å²) in [5, 5.41) is 23.7. The number of carbonyl (C=O) groups is 1. The van der Waals surface area contributed by atoms with Crippen LogP contribution in [0.25, 0.3) is 0 Å². The van der Waals surface area contributed by atoms with Gasteiger partial charge in [-0.05, 0) is 18.6 Å². The van der Waals surface area contributed by atoms with Crippen molar-refractivity contribution in [1.82, 2.24) is 5.32 Å². The first-order valence-electron chi connectivity index (χ1n) is 6.71. The maximum Gasteiger partial charge on any atom is 0.270 e. The number of nitro benzene ring substituents is 1. The van der Waals surface area contributed by atoms with E-state index in [0.29, 0.717) is 5.56 Å². The maximum absolute atomic E-state index is 12.1. The molecule has 114 valence electrons. The standard InChI is InChI=1S/C16H16N2O4/c1-16(20,13-7-3-2-4-8-13)11-17-15(19)12-6-5-9-14(10-12)18(21)22/h2-10,20H,11H2,1H3,(H,17,19). The monoisotopic (exact) mass is 300 g/mol. The Balaban J connectivity index is 2.07.